The summed E-state index contributed by atoms with van der Waals surface area (Å²) >= 11 is 6.11. The summed E-state index contributed by atoms with van der Waals surface area (Å²) in [4.78, 5) is 28.3. The largest absolute Gasteiger partial charge is 0.344 e. The SMILES string of the molecule is C#CCNC(=O)[C@@H](C)N1CCN(C(=O)Cc2ccccc2Cl)CC1. The number of benzene rings is 1. The predicted molar refractivity (Wildman–Crippen MR) is 94.6 cm³/mol. The predicted octanol–water partition coefficient (Wildman–Crippen LogP) is 1.16. The zero-order valence-electron chi connectivity index (χ0n) is 13.8. The molecule has 0 saturated carbocycles. The quantitative estimate of drug-likeness (QED) is 0.813. The highest BCUT2D eigenvalue weighted by molar-refractivity contribution is 6.31. The second-order valence-corrected chi connectivity index (χ2v) is 6.19. The zero-order chi connectivity index (χ0) is 17.5. The second kappa shape index (κ2) is 8.72. The summed E-state index contributed by atoms with van der Waals surface area (Å²) in [5.41, 5.74) is 0.841. The molecule has 1 atom stereocenters. The van der Waals surface area contributed by atoms with Crippen LogP contribution < -0.4 is 5.32 Å². The summed E-state index contributed by atoms with van der Waals surface area (Å²) < 4.78 is 0. The van der Waals surface area contributed by atoms with Crippen LogP contribution in [-0.2, 0) is 16.0 Å². The lowest BCUT2D eigenvalue weighted by molar-refractivity contribution is -0.133. The fourth-order valence-electron chi connectivity index (χ4n) is 2.73. The Morgan fingerprint density at radius 3 is 2.58 bits per heavy atom. The molecule has 0 spiro atoms. The summed E-state index contributed by atoms with van der Waals surface area (Å²) in [5.74, 6) is 2.37. The normalized spacial score (nSPS) is 16.3. The maximum Gasteiger partial charge on any atom is 0.237 e. The molecule has 0 aliphatic carbocycles. The van der Waals surface area contributed by atoms with Gasteiger partial charge in [-0.15, -0.1) is 6.42 Å². The van der Waals surface area contributed by atoms with Crippen LogP contribution in [0.1, 0.15) is 12.5 Å². The van der Waals surface area contributed by atoms with Crippen molar-refractivity contribution in [3.05, 3.63) is 34.9 Å². The number of carbonyl (C=O) groups is 2. The monoisotopic (exact) mass is 347 g/mol. The van der Waals surface area contributed by atoms with Crippen molar-refractivity contribution in [1.82, 2.24) is 15.1 Å². The van der Waals surface area contributed by atoms with Crippen molar-refractivity contribution < 1.29 is 9.59 Å². The van der Waals surface area contributed by atoms with Crippen LogP contribution in [0.25, 0.3) is 0 Å². The van der Waals surface area contributed by atoms with Gasteiger partial charge in [0.15, 0.2) is 0 Å². The lowest BCUT2D eigenvalue weighted by Crippen LogP contribution is -2.55. The molecular formula is C18H22ClN3O2. The molecule has 2 amide bonds. The number of amides is 2. The van der Waals surface area contributed by atoms with E-state index in [1.165, 1.54) is 0 Å². The highest BCUT2D eigenvalue weighted by Crippen LogP contribution is 2.17. The molecule has 2 rings (SSSR count). The van der Waals surface area contributed by atoms with E-state index in [1.807, 2.05) is 30.0 Å². The number of hydrogen-bond acceptors (Lipinski definition) is 3. The minimum Gasteiger partial charge on any atom is -0.344 e. The van der Waals surface area contributed by atoms with Crippen LogP contribution in [0.4, 0.5) is 0 Å². The number of nitrogens with zero attached hydrogens (tertiary/aromatic N) is 2. The van der Waals surface area contributed by atoms with Crippen LogP contribution in [0.2, 0.25) is 5.02 Å². The van der Waals surface area contributed by atoms with Gasteiger partial charge in [-0.1, -0.05) is 35.7 Å². The van der Waals surface area contributed by atoms with Gasteiger partial charge in [0, 0.05) is 31.2 Å². The minimum absolute atomic E-state index is 0.0622. The number of rotatable bonds is 5. The van der Waals surface area contributed by atoms with Crippen LogP contribution in [0.5, 0.6) is 0 Å². The molecule has 24 heavy (non-hydrogen) atoms. The maximum absolute atomic E-state index is 12.4. The molecule has 5 nitrogen and oxygen atoms in total. The topological polar surface area (TPSA) is 52.7 Å². The molecule has 1 N–H and O–H groups in total. The molecule has 0 radical (unpaired) electrons. The molecule has 1 aromatic rings. The van der Waals surface area contributed by atoms with Gasteiger partial charge in [-0.3, -0.25) is 14.5 Å². The highest BCUT2D eigenvalue weighted by Gasteiger charge is 2.27. The first-order valence-electron chi connectivity index (χ1n) is 7.99. The van der Waals surface area contributed by atoms with Crippen molar-refractivity contribution in [2.24, 2.45) is 0 Å². The van der Waals surface area contributed by atoms with Gasteiger partial charge in [0.1, 0.15) is 0 Å². The van der Waals surface area contributed by atoms with Crippen molar-refractivity contribution in [3.63, 3.8) is 0 Å². The van der Waals surface area contributed by atoms with Gasteiger partial charge < -0.3 is 10.2 Å². The molecule has 128 valence electrons. The van der Waals surface area contributed by atoms with E-state index >= 15 is 0 Å². The van der Waals surface area contributed by atoms with Crippen LogP contribution in [-0.4, -0.2) is 60.4 Å². The molecule has 1 aliphatic heterocycles. The van der Waals surface area contributed by atoms with E-state index in [0.717, 1.165) is 5.56 Å². The van der Waals surface area contributed by atoms with Gasteiger partial charge >= 0.3 is 0 Å². The third kappa shape index (κ3) is 4.73. The fourth-order valence-corrected chi connectivity index (χ4v) is 2.93. The lowest BCUT2D eigenvalue weighted by Gasteiger charge is -2.37. The van der Waals surface area contributed by atoms with Gasteiger partial charge in [-0.25, -0.2) is 0 Å². The highest BCUT2D eigenvalue weighted by atomic mass is 35.5. The van der Waals surface area contributed by atoms with E-state index in [4.69, 9.17) is 18.0 Å². The Hall–Kier alpha value is -2.03. The van der Waals surface area contributed by atoms with Gasteiger partial charge in [0.25, 0.3) is 0 Å². The number of carbonyl (C=O) groups excluding carboxylic acids is 2. The first kappa shape index (κ1) is 18.3. The number of piperazine rings is 1. The Bertz CT molecular complexity index is 633. The van der Waals surface area contributed by atoms with Gasteiger partial charge in [-0.05, 0) is 18.6 Å². The first-order chi connectivity index (χ1) is 11.5. The second-order valence-electron chi connectivity index (χ2n) is 5.78. The van der Waals surface area contributed by atoms with Crippen LogP contribution in [0.15, 0.2) is 24.3 Å². The van der Waals surface area contributed by atoms with Gasteiger partial charge in [-0.2, -0.15) is 0 Å². The molecule has 0 aromatic heterocycles. The molecule has 1 fully saturated rings. The molecule has 0 bridgehead atoms. The Morgan fingerprint density at radius 2 is 1.96 bits per heavy atom. The maximum atomic E-state index is 12.4. The van der Waals surface area contributed by atoms with Crippen molar-refractivity contribution in [2.75, 3.05) is 32.7 Å². The van der Waals surface area contributed by atoms with Gasteiger partial charge in [0.05, 0.1) is 19.0 Å². The number of hydrogen-bond donors (Lipinski definition) is 1. The summed E-state index contributed by atoms with van der Waals surface area (Å²) in [7, 11) is 0. The van der Waals surface area contributed by atoms with Crippen molar-refractivity contribution in [3.8, 4) is 12.3 Å². The molecule has 1 aromatic carbocycles. The molecule has 1 aliphatic rings. The number of terminal acetylenes is 1. The van der Waals surface area contributed by atoms with Crippen molar-refractivity contribution in [2.45, 2.75) is 19.4 Å². The van der Waals surface area contributed by atoms with Crippen LogP contribution >= 0.6 is 11.6 Å². The Morgan fingerprint density at radius 1 is 1.29 bits per heavy atom. The van der Waals surface area contributed by atoms with Crippen LogP contribution in [0, 0.1) is 12.3 Å². The zero-order valence-corrected chi connectivity index (χ0v) is 14.6. The molecular weight excluding hydrogens is 326 g/mol. The number of halogens is 1. The van der Waals surface area contributed by atoms with E-state index in [-0.39, 0.29) is 24.4 Å². The van der Waals surface area contributed by atoms with Crippen molar-refractivity contribution >= 4 is 23.4 Å². The van der Waals surface area contributed by atoms with E-state index in [0.29, 0.717) is 37.6 Å². The van der Waals surface area contributed by atoms with E-state index < -0.39 is 0 Å². The van der Waals surface area contributed by atoms with E-state index in [2.05, 4.69) is 16.1 Å². The van der Waals surface area contributed by atoms with E-state index in [9.17, 15) is 9.59 Å². The Balaban J connectivity index is 1.84. The summed E-state index contributed by atoms with van der Waals surface area (Å²) in [6.07, 6.45) is 5.45. The average molecular weight is 348 g/mol. The minimum atomic E-state index is -0.251. The fraction of sp³-hybridized carbons (Fsp3) is 0.444. The Kier molecular flexibility index (Phi) is 6.65. The standard InChI is InChI=1S/C18H22ClN3O2/c1-3-8-20-18(24)14(2)21-9-11-22(12-10-21)17(23)13-15-6-4-5-7-16(15)19/h1,4-7,14H,8-13H2,2H3,(H,20,24)/t14-/m1/s1. The van der Waals surface area contributed by atoms with E-state index in [1.54, 1.807) is 6.07 Å². The summed E-state index contributed by atoms with van der Waals surface area (Å²) in [6.45, 7) is 4.64. The molecule has 0 unspecified atom stereocenters. The van der Waals surface area contributed by atoms with Gasteiger partial charge in [0.2, 0.25) is 11.8 Å². The van der Waals surface area contributed by atoms with Crippen molar-refractivity contribution in [1.29, 1.82) is 0 Å². The van der Waals surface area contributed by atoms with Crippen LogP contribution in [0.3, 0.4) is 0 Å². The average Bonchev–Trinajstić information content (AvgIpc) is 2.61. The molecule has 6 heteroatoms. The first-order valence-corrected chi connectivity index (χ1v) is 8.37. The third-order valence-electron chi connectivity index (χ3n) is 4.26. The Labute approximate surface area is 147 Å². The third-order valence-corrected chi connectivity index (χ3v) is 4.63. The number of nitrogens with one attached hydrogen (secondary N) is 1. The molecule has 1 heterocycles. The summed E-state index contributed by atoms with van der Waals surface area (Å²) in [5, 5.41) is 3.30. The smallest absolute Gasteiger partial charge is 0.237 e. The summed E-state index contributed by atoms with van der Waals surface area (Å²) in [6, 6.07) is 7.14. The lowest BCUT2D eigenvalue weighted by atomic mass is 10.1. The molecule has 1 saturated heterocycles.